The summed E-state index contributed by atoms with van der Waals surface area (Å²) in [5.41, 5.74) is 5.91. The largest absolute Gasteiger partial charge is 0.341 e. The number of fused-ring (bicyclic) bond motifs is 3. The normalized spacial score (nSPS) is 21.0. The van der Waals surface area contributed by atoms with Gasteiger partial charge in [-0.15, -0.1) is 11.8 Å². The fourth-order valence-corrected chi connectivity index (χ4v) is 7.16. The molecule has 3 aliphatic rings. The van der Waals surface area contributed by atoms with Gasteiger partial charge in [-0.05, 0) is 73.4 Å². The van der Waals surface area contributed by atoms with Crippen molar-refractivity contribution < 1.29 is 4.79 Å². The Labute approximate surface area is 195 Å². The quantitative estimate of drug-likeness (QED) is 0.418. The van der Waals surface area contributed by atoms with Gasteiger partial charge in [0.1, 0.15) is 0 Å². The number of aromatic nitrogens is 1. The highest BCUT2D eigenvalue weighted by Crippen LogP contribution is 2.44. The molecule has 1 aliphatic heterocycles. The summed E-state index contributed by atoms with van der Waals surface area (Å²) in [6, 6.07) is 17.9. The smallest absolute Gasteiger partial charge is 0.233 e. The first-order chi connectivity index (χ1) is 15.8. The number of aryl methyl sites for hydroxylation is 1. The molecule has 1 atom stereocenters. The van der Waals surface area contributed by atoms with Crippen LogP contribution in [0.15, 0.2) is 53.4 Å². The lowest BCUT2D eigenvalue weighted by atomic mass is 9.83. The maximum atomic E-state index is 13.3. The summed E-state index contributed by atoms with van der Waals surface area (Å²) in [6.45, 7) is 1.76. The monoisotopic (exact) mass is 444 g/mol. The van der Waals surface area contributed by atoms with Crippen LogP contribution in [0, 0.1) is 0 Å². The number of carbonyl (C=O) groups excluding carboxylic acids is 1. The Morgan fingerprint density at radius 1 is 0.938 bits per heavy atom. The molecule has 0 unspecified atom stereocenters. The van der Waals surface area contributed by atoms with E-state index < -0.39 is 0 Å². The van der Waals surface area contributed by atoms with E-state index in [2.05, 4.69) is 39.8 Å². The van der Waals surface area contributed by atoms with Crippen molar-refractivity contribution in [2.75, 3.05) is 12.3 Å². The molecule has 1 aromatic heterocycles. The van der Waals surface area contributed by atoms with E-state index in [-0.39, 0.29) is 11.9 Å². The van der Waals surface area contributed by atoms with E-state index in [0.29, 0.717) is 5.75 Å². The molecule has 1 saturated carbocycles. The van der Waals surface area contributed by atoms with E-state index in [9.17, 15) is 4.79 Å². The minimum absolute atomic E-state index is 0.252. The predicted octanol–water partition coefficient (Wildman–Crippen LogP) is 6.70. The first-order valence-corrected chi connectivity index (χ1v) is 13.4. The third-order valence-corrected chi connectivity index (χ3v) is 8.90. The van der Waals surface area contributed by atoms with E-state index in [0.717, 1.165) is 31.8 Å². The van der Waals surface area contributed by atoms with E-state index in [1.165, 1.54) is 65.6 Å². The zero-order valence-corrected chi connectivity index (χ0v) is 19.6. The molecule has 1 amide bonds. The van der Waals surface area contributed by atoms with Gasteiger partial charge in [0.25, 0.3) is 0 Å². The van der Waals surface area contributed by atoms with Crippen LogP contribution in [0.3, 0.4) is 0 Å². The highest BCUT2D eigenvalue weighted by molar-refractivity contribution is 8.00. The zero-order valence-electron chi connectivity index (χ0n) is 18.8. The van der Waals surface area contributed by atoms with Gasteiger partial charge in [-0.25, -0.2) is 0 Å². The molecule has 0 saturated heterocycles. The molecule has 0 spiro atoms. The van der Waals surface area contributed by atoms with E-state index in [4.69, 9.17) is 0 Å². The van der Waals surface area contributed by atoms with Crippen LogP contribution >= 0.6 is 11.8 Å². The van der Waals surface area contributed by atoms with Crippen LogP contribution in [-0.2, 0) is 17.8 Å². The number of amides is 1. The molecule has 1 fully saturated rings. The van der Waals surface area contributed by atoms with Crippen LogP contribution in [0.25, 0.3) is 10.9 Å². The van der Waals surface area contributed by atoms with Crippen LogP contribution < -0.4 is 0 Å². The van der Waals surface area contributed by atoms with Gasteiger partial charge in [0, 0.05) is 34.6 Å². The van der Waals surface area contributed by atoms with Crippen LogP contribution in [0.2, 0.25) is 0 Å². The van der Waals surface area contributed by atoms with Crippen molar-refractivity contribution >= 4 is 28.6 Å². The van der Waals surface area contributed by atoms with Gasteiger partial charge < -0.3 is 9.47 Å². The van der Waals surface area contributed by atoms with Gasteiger partial charge in [-0.2, -0.15) is 0 Å². The molecule has 0 bridgehead atoms. The first-order valence-electron chi connectivity index (χ1n) is 12.4. The lowest BCUT2D eigenvalue weighted by molar-refractivity contribution is -0.132. The Morgan fingerprint density at radius 3 is 2.62 bits per heavy atom. The summed E-state index contributed by atoms with van der Waals surface area (Å²) in [6.07, 6.45) is 10.3. The number of carbonyl (C=O) groups is 1. The number of hydrogen-bond acceptors (Lipinski definition) is 2. The van der Waals surface area contributed by atoms with Crippen molar-refractivity contribution in [3.05, 3.63) is 65.4 Å². The fourth-order valence-electron chi connectivity index (χ4n) is 6.36. The topological polar surface area (TPSA) is 25.2 Å². The molecule has 2 aromatic carbocycles. The molecular formula is C28H32N2OS. The Hall–Kier alpha value is -2.20. The maximum absolute atomic E-state index is 13.3. The third kappa shape index (κ3) is 3.57. The second-order valence-electron chi connectivity index (χ2n) is 9.72. The van der Waals surface area contributed by atoms with Crippen LogP contribution in [0.1, 0.15) is 73.7 Å². The molecule has 4 heteroatoms. The Kier molecular flexibility index (Phi) is 5.50. The Morgan fingerprint density at radius 2 is 1.78 bits per heavy atom. The third-order valence-electron chi connectivity index (χ3n) is 7.90. The van der Waals surface area contributed by atoms with E-state index in [1.807, 2.05) is 18.2 Å². The summed E-state index contributed by atoms with van der Waals surface area (Å²) in [5, 5.41) is 1.47. The zero-order chi connectivity index (χ0) is 21.5. The van der Waals surface area contributed by atoms with Crippen LogP contribution in [0.4, 0.5) is 0 Å². The summed E-state index contributed by atoms with van der Waals surface area (Å²) in [7, 11) is 0. The lowest BCUT2D eigenvalue weighted by Gasteiger charge is -2.40. The molecular weight excluding hydrogens is 412 g/mol. The number of hydrogen-bond donors (Lipinski definition) is 0. The molecule has 6 rings (SSSR count). The SMILES string of the molecule is O=C(CSc1ccccc1)N1CCn2c3c(c4cc(C5CCCCC5)ccc42)CCC[C@H]31. The van der Waals surface area contributed by atoms with Gasteiger partial charge in [0.05, 0.1) is 11.8 Å². The number of thioether (sulfide) groups is 1. The van der Waals surface area contributed by atoms with Gasteiger partial charge in [-0.3, -0.25) is 4.79 Å². The Bertz CT molecular complexity index is 1130. The lowest BCUT2D eigenvalue weighted by Crippen LogP contribution is -2.44. The molecule has 3 nitrogen and oxygen atoms in total. The second-order valence-corrected chi connectivity index (χ2v) is 10.8. The number of rotatable bonds is 4. The second kappa shape index (κ2) is 8.62. The maximum Gasteiger partial charge on any atom is 0.233 e. The van der Waals surface area contributed by atoms with Crippen LogP contribution in [0.5, 0.6) is 0 Å². The van der Waals surface area contributed by atoms with Crippen molar-refractivity contribution in [3.63, 3.8) is 0 Å². The van der Waals surface area contributed by atoms with Gasteiger partial charge in [0.15, 0.2) is 0 Å². The molecule has 32 heavy (non-hydrogen) atoms. The standard InChI is InChI=1S/C28H32N2OS/c31-27(19-32-22-10-5-2-6-11-22)29-16-17-30-25-15-14-21(20-8-3-1-4-9-20)18-24(25)23-12-7-13-26(29)28(23)30/h2,5-6,10-11,14-15,18,20,26H,1,3-4,7-9,12-13,16-17,19H2/t26-/m1/s1. The Balaban J connectivity index is 1.30. The average molecular weight is 445 g/mol. The molecule has 2 heterocycles. The predicted molar refractivity (Wildman–Crippen MR) is 132 cm³/mol. The van der Waals surface area contributed by atoms with Crippen molar-refractivity contribution in [2.24, 2.45) is 0 Å². The first kappa shape index (κ1) is 20.4. The van der Waals surface area contributed by atoms with Crippen molar-refractivity contribution in [2.45, 2.75) is 74.8 Å². The number of benzene rings is 2. The number of nitrogens with zero attached hydrogens (tertiary/aromatic N) is 2. The van der Waals surface area contributed by atoms with E-state index in [1.54, 1.807) is 17.3 Å². The summed E-state index contributed by atoms with van der Waals surface area (Å²) in [4.78, 5) is 16.6. The minimum atomic E-state index is 0.252. The fraction of sp³-hybridized carbons (Fsp3) is 0.464. The van der Waals surface area contributed by atoms with Crippen molar-refractivity contribution in [1.82, 2.24) is 9.47 Å². The molecule has 166 valence electrons. The molecule has 3 aromatic rings. The van der Waals surface area contributed by atoms with Gasteiger partial charge >= 0.3 is 0 Å². The molecule has 2 aliphatic carbocycles. The van der Waals surface area contributed by atoms with E-state index >= 15 is 0 Å². The highest BCUT2D eigenvalue weighted by Gasteiger charge is 2.37. The van der Waals surface area contributed by atoms with Crippen molar-refractivity contribution in [3.8, 4) is 0 Å². The molecule has 0 N–H and O–H groups in total. The van der Waals surface area contributed by atoms with Gasteiger partial charge in [0.2, 0.25) is 5.91 Å². The van der Waals surface area contributed by atoms with Crippen LogP contribution in [-0.4, -0.2) is 27.7 Å². The van der Waals surface area contributed by atoms with Gasteiger partial charge in [-0.1, -0.05) is 43.5 Å². The highest BCUT2D eigenvalue weighted by atomic mass is 32.2. The minimum Gasteiger partial charge on any atom is -0.341 e. The summed E-state index contributed by atoms with van der Waals surface area (Å²) in [5.74, 6) is 1.56. The molecule has 0 radical (unpaired) electrons. The van der Waals surface area contributed by atoms with Crippen molar-refractivity contribution in [1.29, 1.82) is 0 Å². The summed E-state index contributed by atoms with van der Waals surface area (Å²) < 4.78 is 2.55. The average Bonchev–Trinajstić information content (AvgIpc) is 3.19. The summed E-state index contributed by atoms with van der Waals surface area (Å²) >= 11 is 1.66.